The molecule has 7 nitrogen and oxygen atoms in total. The Morgan fingerprint density at radius 1 is 1.00 bits per heavy atom. The molecule has 0 aliphatic rings. The normalized spacial score (nSPS) is 11.7. The first-order valence-electron chi connectivity index (χ1n) is 9.63. The number of benzene rings is 3. The minimum Gasteiger partial charge on any atom is -0.495 e. The van der Waals surface area contributed by atoms with E-state index in [1.54, 1.807) is 49.4 Å². The molecule has 1 N–H and O–H groups in total. The molecule has 0 bridgehead atoms. The lowest BCUT2D eigenvalue weighted by molar-refractivity contribution is -0.119. The molecule has 3 rings (SSSR count). The van der Waals surface area contributed by atoms with Crippen molar-refractivity contribution in [2.45, 2.75) is 11.8 Å². The quantitative estimate of drug-likeness (QED) is 0.359. The second kappa shape index (κ2) is 10.4. The highest BCUT2D eigenvalue weighted by Gasteiger charge is 2.29. The number of nitrogens with one attached hydrogen (secondary N) is 1. The highest BCUT2D eigenvalue weighted by Crippen LogP contribution is 2.32. The van der Waals surface area contributed by atoms with Gasteiger partial charge in [-0.15, -0.1) is 0 Å². The third kappa shape index (κ3) is 5.54. The van der Waals surface area contributed by atoms with Gasteiger partial charge in [-0.2, -0.15) is 5.10 Å². The van der Waals surface area contributed by atoms with Gasteiger partial charge in [0.25, 0.3) is 15.9 Å². The summed E-state index contributed by atoms with van der Waals surface area (Å²) in [6.45, 7) is 1.27. The summed E-state index contributed by atoms with van der Waals surface area (Å²) in [6.07, 6.45) is 0. The Balaban J connectivity index is 1.90. The third-order valence-corrected chi connectivity index (χ3v) is 6.89. The largest absolute Gasteiger partial charge is 0.495 e. The summed E-state index contributed by atoms with van der Waals surface area (Å²) in [7, 11) is -2.60. The predicted octanol–water partition coefficient (Wildman–Crippen LogP) is 4.19. The van der Waals surface area contributed by atoms with Crippen molar-refractivity contribution in [1.82, 2.24) is 5.43 Å². The van der Waals surface area contributed by atoms with Crippen LogP contribution in [-0.4, -0.2) is 33.7 Å². The van der Waals surface area contributed by atoms with Gasteiger partial charge in [-0.1, -0.05) is 58.4 Å². The van der Waals surface area contributed by atoms with Crippen LogP contribution in [-0.2, 0) is 14.8 Å². The molecule has 0 saturated carbocycles. The average molecular weight is 516 g/mol. The van der Waals surface area contributed by atoms with Crippen molar-refractivity contribution < 1.29 is 17.9 Å². The number of anilines is 1. The lowest BCUT2D eigenvalue weighted by atomic mass is 10.1. The van der Waals surface area contributed by atoms with E-state index in [-0.39, 0.29) is 10.6 Å². The zero-order valence-corrected chi connectivity index (χ0v) is 19.9. The number of carbonyl (C=O) groups is 1. The first-order chi connectivity index (χ1) is 15.3. The summed E-state index contributed by atoms with van der Waals surface area (Å²) in [5, 5.41) is 4.12. The zero-order valence-electron chi connectivity index (χ0n) is 17.5. The van der Waals surface area contributed by atoms with E-state index >= 15 is 0 Å². The lowest BCUT2D eigenvalue weighted by Gasteiger charge is -2.25. The number of hydrogen-bond acceptors (Lipinski definition) is 5. The van der Waals surface area contributed by atoms with E-state index in [0.717, 1.165) is 14.3 Å². The molecule has 9 heteroatoms. The summed E-state index contributed by atoms with van der Waals surface area (Å²) in [5.74, 6) is -0.263. The number of ether oxygens (including phenoxy) is 1. The molecule has 3 aromatic rings. The summed E-state index contributed by atoms with van der Waals surface area (Å²) >= 11 is 3.37. The van der Waals surface area contributed by atoms with Crippen LogP contribution in [0.1, 0.15) is 12.5 Å². The summed E-state index contributed by atoms with van der Waals surface area (Å²) in [4.78, 5) is 12.8. The molecule has 0 aromatic heterocycles. The first-order valence-corrected chi connectivity index (χ1v) is 11.9. The molecule has 32 heavy (non-hydrogen) atoms. The van der Waals surface area contributed by atoms with Crippen molar-refractivity contribution in [2.75, 3.05) is 18.0 Å². The van der Waals surface area contributed by atoms with Crippen molar-refractivity contribution in [3.63, 3.8) is 0 Å². The Bertz CT molecular complexity index is 1210. The molecule has 0 spiro atoms. The van der Waals surface area contributed by atoms with Crippen LogP contribution < -0.4 is 14.5 Å². The number of para-hydroxylation sites is 2. The second-order valence-electron chi connectivity index (χ2n) is 6.74. The average Bonchev–Trinajstić information content (AvgIpc) is 2.82. The Morgan fingerprint density at radius 2 is 1.62 bits per heavy atom. The van der Waals surface area contributed by atoms with E-state index in [2.05, 4.69) is 26.5 Å². The van der Waals surface area contributed by atoms with E-state index < -0.39 is 22.5 Å². The van der Waals surface area contributed by atoms with Crippen LogP contribution in [0.2, 0.25) is 0 Å². The molecule has 3 aromatic carbocycles. The number of sulfonamides is 1. The van der Waals surface area contributed by atoms with Crippen molar-refractivity contribution in [1.29, 1.82) is 0 Å². The molecule has 0 aliphatic heterocycles. The Kier molecular flexibility index (Phi) is 7.66. The van der Waals surface area contributed by atoms with Gasteiger partial charge in [-0.05, 0) is 48.9 Å². The maximum Gasteiger partial charge on any atom is 0.264 e. The fraction of sp³-hybridized carbons (Fsp3) is 0.130. The van der Waals surface area contributed by atoms with Crippen LogP contribution in [0, 0.1) is 0 Å². The molecular formula is C23H22BrN3O4S. The van der Waals surface area contributed by atoms with Gasteiger partial charge in [0, 0.05) is 4.47 Å². The molecule has 0 radical (unpaired) electrons. The lowest BCUT2D eigenvalue weighted by Crippen LogP contribution is -2.40. The SMILES string of the molecule is COc1ccccc1N(CC(=O)N/N=C(/C)c1ccc(Br)cc1)S(=O)(=O)c1ccccc1. The Morgan fingerprint density at radius 3 is 2.28 bits per heavy atom. The van der Waals surface area contributed by atoms with E-state index in [0.29, 0.717) is 11.5 Å². The van der Waals surface area contributed by atoms with Crippen LogP contribution >= 0.6 is 15.9 Å². The third-order valence-electron chi connectivity index (χ3n) is 4.58. The fourth-order valence-corrected chi connectivity index (χ4v) is 4.64. The number of amides is 1. The van der Waals surface area contributed by atoms with Gasteiger partial charge < -0.3 is 4.74 Å². The van der Waals surface area contributed by atoms with Crippen molar-refractivity contribution >= 4 is 43.3 Å². The molecule has 166 valence electrons. The standard InChI is InChI=1S/C23H22BrN3O4S/c1-17(18-12-14-19(24)15-13-18)25-26-23(28)16-27(21-10-6-7-11-22(21)31-2)32(29,30)20-8-4-3-5-9-20/h3-15H,16H2,1-2H3,(H,26,28)/b25-17-. The molecule has 0 fully saturated rings. The molecule has 0 saturated heterocycles. The smallest absolute Gasteiger partial charge is 0.264 e. The first kappa shape index (κ1) is 23.5. The molecule has 0 unspecified atom stereocenters. The Labute approximate surface area is 195 Å². The number of hydrazone groups is 1. The molecule has 0 atom stereocenters. The summed E-state index contributed by atoms with van der Waals surface area (Å²) in [5.41, 5.74) is 4.11. The second-order valence-corrected chi connectivity index (χ2v) is 9.51. The summed E-state index contributed by atoms with van der Waals surface area (Å²) < 4.78 is 34.0. The monoisotopic (exact) mass is 515 g/mol. The maximum atomic E-state index is 13.4. The van der Waals surface area contributed by atoms with Crippen LogP contribution in [0.15, 0.2) is 93.3 Å². The van der Waals surface area contributed by atoms with Gasteiger partial charge in [0.05, 0.1) is 23.4 Å². The van der Waals surface area contributed by atoms with Crippen LogP contribution in [0.3, 0.4) is 0 Å². The van der Waals surface area contributed by atoms with Gasteiger partial charge in [-0.25, -0.2) is 13.8 Å². The zero-order chi connectivity index (χ0) is 23.1. The van der Waals surface area contributed by atoms with Gasteiger partial charge >= 0.3 is 0 Å². The van der Waals surface area contributed by atoms with Gasteiger partial charge in [-0.3, -0.25) is 9.10 Å². The fourth-order valence-electron chi connectivity index (χ4n) is 2.92. The minimum absolute atomic E-state index is 0.0632. The maximum absolute atomic E-state index is 13.4. The predicted molar refractivity (Wildman–Crippen MR) is 128 cm³/mol. The number of methoxy groups -OCH3 is 1. The molecule has 0 heterocycles. The Hall–Kier alpha value is -3.17. The van der Waals surface area contributed by atoms with Gasteiger partial charge in [0.15, 0.2) is 0 Å². The highest BCUT2D eigenvalue weighted by atomic mass is 79.9. The van der Waals surface area contributed by atoms with Crippen LogP contribution in [0.25, 0.3) is 0 Å². The van der Waals surface area contributed by atoms with E-state index in [4.69, 9.17) is 4.74 Å². The van der Waals surface area contributed by atoms with E-state index in [9.17, 15) is 13.2 Å². The number of nitrogens with zero attached hydrogens (tertiary/aromatic N) is 2. The van der Waals surface area contributed by atoms with Crippen molar-refractivity contribution in [2.24, 2.45) is 5.10 Å². The van der Waals surface area contributed by atoms with E-state index in [1.165, 1.54) is 19.2 Å². The van der Waals surface area contributed by atoms with Gasteiger partial charge in [0.2, 0.25) is 0 Å². The highest BCUT2D eigenvalue weighted by molar-refractivity contribution is 9.10. The van der Waals surface area contributed by atoms with Crippen LogP contribution in [0.4, 0.5) is 5.69 Å². The minimum atomic E-state index is -4.04. The number of rotatable bonds is 8. The van der Waals surface area contributed by atoms with E-state index in [1.807, 2.05) is 24.3 Å². The molecular weight excluding hydrogens is 494 g/mol. The van der Waals surface area contributed by atoms with Crippen molar-refractivity contribution in [3.05, 3.63) is 88.9 Å². The number of carbonyl (C=O) groups excluding carboxylic acids is 1. The number of hydrogen-bond donors (Lipinski definition) is 1. The topological polar surface area (TPSA) is 88.1 Å². The molecule has 0 aliphatic carbocycles. The van der Waals surface area contributed by atoms with Gasteiger partial charge in [0.1, 0.15) is 12.3 Å². The van der Waals surface area contributed by atoms with Crippen LogP contribution in [0.5, 0.6) is 5.75 Å². The van der Waals surface area contributed by atoms with Crippen molar-refractivity contribution in [3.8, 4) is 5.75 Å². The summed E-state index contributed by atoms with van der Waals surface area (Å²) in [6, 6.07) is 22.0. The number of halogens is 1. The molecule has 1 amide bonds.